The topological polar surface area (TPSA) is 57.8 Å². The van der Waals surface area contributed by atoms with E-state index in [0.717, 1.165) is 24.4 Å². The van der Waals surface area contributed by atoms with Gasteiger partial charge < -0.3 is 10.3 Å². The summed E-state index contributed by atoms with van der Waals surface area (Å²) in [6.45, 7) is 0. The monoisotopic (exact) mass is 337 g/mol. The highest BCUT2D eigenvalue weighted by atomic mass is 32.2. The Morgan fingerprint density at radius 3 is 2.50 bits per heavy atom. The van der Waals surface area contributed by atoms with E-state index >= 15 is 0 Å². The van der Waals surface area contributed by atoms with E-state index in [1.54, 1.807) is 6.07 Å². The molecule has 0 atom stereocenters. The lowest BCUT2D eigenvalue weighted by Crippen LogP contribution is -2.47. The van der Waals surface area contributed by atoms with Crippen LogP contribution in [0.5, 0.6) is 0 Å². The Morgan fingerprint density at radius 1 is 1.09 bits per heavy atom. The van der Waals surface area contributed by atoms with E-state index in [1.165, 1.54) is 35.9 Å². The molecule has 6 heteroatoms. The Hall–Kier alpha value is -0.460. The summed E-state index contributed by atoms with van der Waals surface area (Å²) in [4.78, 5) is 19.4. The predicted octanol–water partition coefficient (Wildman–Crippen LogP) is 2.33. The minimum absolute atomic E-state index is 0.0277. The number of hydrogen-bond donors (Lipinski definition) is 2. The number of nitrogens with zero attached hydrogens (tertiary/aromatic N) is 1. The van der Waals surface area contributed by atoms with Crippen molar-refractivity contribution in [2.45, 2.75) is 49.6 Å². The maximum Gasteiger partial charge on any atom is 0.251 e. The molecule has 0 bridgehead atoms. The molecule has 0 radical (unpaired) electrons. The van der Waals surface area contributed by atoms with E-state index in [-0.39, 0.29) is 5.56 Å². The summed E-state index contributed by atoms with van der Waals surface area (Å²) in [5.74, 6) is 6.97. The molecule has 2 aliphatic carbocycles. The molecular weight excluding hydrogens is 314 g/mol. The van der Waals surface area contributed by atoms with Crippen LogP contribution in [0.4, 0.5) is 0 Å². The first-order valence-corrected chi connectivity index (χ1v) is 10.6. The number of aromatic nitrogens is 2. The van der Waals surface area contributed by atoms with Gasteiger partial charge in [-0.25, -0.2) is 4.98 Å². The number of thioether (sulfide) groups is 2. The highest BCUT2D eigenvalue weighted by Gasteiger charge is 2.34. The third kappa shape index (κ3) is 3.54. The van der Waals surface area contributed by atoms with Crippen LogP contribution in [-0.2, 0) is 0 Å². The fourth-order valence-electron chi connectivity index (χ4n) is 3.30. The van der Waals surface area contributed by atoms with Crippen molar-refractivity contribution in [2.24, 2.45) is 0 Å². The van der Waals surface area contributed by atoms with Gasteiger partial charge in [-0.3, -0.25) is 4.79 Å². The molecule has 4 rings (SSSR count). The van der Waals surface area contributed by atoms with Crippen LogP contribution in [0.2, 0.25) is 0 Å². The molecule has 1 aromatic heterocycles. The Bertz CT molecular complexity index is 573. The normalized spacial score (nSPS) is 29.8. The van der Waals surface area contributed by atoms with E-state index in [1.807, 2.05) is 0 Å². The first-order valence-electron chi connectivity index (χ1n) is 8.30. The second-order valence-corrected chi connectivity index (χ2v) is 9.01. The van der Waals surface area contributed by atoms with Crippen LogP contribution in [-0.4, -0.2) is 45.1 Å². The van der Waals surface area contributed by atoms with Crippen LogP contribution in [0, 0.1) is 0 Å². The van der Waals surface area contributed by atoms with Gasteiger partial charge in [-0.05, 0) is 25.7 Å². The zero-order valence-electron chi connectivity index (χ0n) is 12.7. The number of rotatable bonds is 4. The lowest BCUT2D eigenvalue weighted by Gasteiger charge is -2.38. The molecule has 0 unspecified atom stereocenters. The Labute approximate surface area is 139 Å². The molecule has 0 spiro atoms. The quantitative estimate of drug-likeness (QED) is 0.883. The van der Waals surface area contributed by atoms with Gasteiger partial charge >= 0.3 is 0 Å². The van der Waals surface area contributed by atoms with Crippen LogP contribution in [0.15, 0.2) is 10.9 Å². The van der Waals surface area contributed by atoms with E-state index in [9.17, 15) is 4.79 Å². The number of H-pyrrole nitrogens is 1. The second kappa shape index (κ2) is 6.57. The molecule has 0 amide bonds. The molecule has 2 heterocycles. The summed E-state index contributed by atoms with van der Waals surface area (Å²) in [6, 6.07) is 2.97. The molecule has 1 aliphatic heterocycles. The van der Waals surface area contributed by atoms with Gasteiger partial charge in [0, 0.05) is 53.0 Å². The molecule has 2 saturated carbocycles. The summed E-state index contributed by atoms with van der Waals surface area (Å²) in [5, 5.41) is 3.80. The van der Waals surface area contributed by atoms with Crippen molar-refractivity contribution in [3.8, 4) is 0 Å². The Morgan fingerprint density at radius 2 is 1.82 bits per heavy atom. The molecule has 0 aromatic carbocycles. The van der Waals surface area contributed by atoms with Crippen LogP contribution in [0.25, 0.3) is 0 Å². The average molecular weight is 338 g/mol. The fraction of sp³-hybridized carbons (Fsp3) is 0.750. The third-order valence-electron chi connectivity index (χ3n) is 4.78. The maximum absolute atomic E-state index is 11.8. The Balaban J connectivity index is 1.33. The summed E-state index contributed by atoms with van der Waals surface area (Å²) >= 11 is 4.14. The van der Waals surface area contributed by atoms with Gasteiger partial charge in [-0.1, -0.05) is 0 Å². The highest BCUT2D eigenvalue weighted by Crippen LogP contribution is 2.40. The highest BCUT2D eigenvalue weighted by molar-refractivity contribution is 8.03. The first-order chi connectivity index (χ1) is 10.8. The Kier molecular flexibility index (Phi) is 4.51. The van der Waals surface area contributed by atoms with Gasteiger partial charge in [0.05, 0.1) is 5.69 Å². The molecule has 2 N–H and O–H groups in total. The van der Waals surface area contributed by atoms with Gasteiger partial charge in [-0.2, -0.15) is 23.5 Å². The lowest BCUT2D eigenvalue weighted by atomic mass is 9.77. The van der Waals surface area contributed by atoms with Crippen molar-refractivity contribution < 1.29 is 0 Å². The SMILES string of the molecule is O=c1cc(C2CC(NC3CSCCSC3)C2)nc(C2CC2)[nH]1. The van der Waals surface area contributed by atoms with Crippen molar-refractivity contribution in [3.63, 3.8) is 0 Å². The zero-order valence-corrected chi connectivity index (χ0v) is 14.3. The van der Waals surface area contributed by atoms with Gasteiger partial charge in [0.1, 0.15) is 5.82 Å². The zero-order chi connectivity index (χ0) is 14.9. The van der Waals surface area contributed by atoms with Crippen molar-refractivity contribution in [2.75, 3.05) is 23.0 Å². The third-order valence-corrected chi connectivity index (χ3v) is 7.30. The van der Waals surface area contributed by atoms with Gasteiger partial charge in [0.15, 0.2) is 0 Å². The van der Waals surface area contributed by atoms with Crippen LogP contribution in [0.1, 0.15) is 49.0 Å². The summed E-state index contributed by atoms with van der Waals surface area (Å²) in [6.07, 6.45) is 4.62. The van der Waals surface area contributed by atoms with Crippen molar-refractivity contribution in [3.05, 3.63) is 27.9 Å². The number of nitrogens with one attached hydrogen (secondary N) is 2. The molecule has 4 nitrogen and oxygen atoms in total. The molecule has 3 fully saturated rings. The van der Waals surface area contributed by atoms with Crippen molar-refractivity contribution in [1.29, 1.82) is 0 Å². The smallest absolute Gasteiger partial charge is 0.251 e. The van der Waals surface area contributed by atoms with Crippen molar-refractivity contribution in [1.82, 2.24) is 15.3 Å². The molecular formula is C16H23N3OS2. The maximum atomic E-state index is 11.8. The molecule has 22 heavy (non-hydrogen) atoms. The van der Waals surface area contributed by atoms with Gasteiger partial charge in [0.2, 0.25) is 0 Å². The van der Waals surface area contributed by atoms with Crippen molar-refractivity contribution >= 4 is 23.5 Å². The molecule has 3 aliphatic rings. The molecule has 1 saturated heterocycles. The second-order valence-electron chi connectivity index (χ2n) is 6.71. The number of hydrogen-bond acceptors (Lipinski definition) is 5. The molecule has 120 valence electrons. The van der Waals surface area contributed by atoms with E-state index in [4.69, 9.17) is 4.98 Å². The van der Waals surface area contributed by atoms with Crippen LogP contribution >= 0.6 is 23.5 Å². The van der Waals surface area contributed by atoms with Gasteiger partial charge in [0.25, 0.3) is 5.56 Å². The fourth-order valence-corrected chi connectivity index (χ4v) is 5.72. The minimum atomic E-state index is 0.0277. The summed E-state index contributed by atoms with van der Waals surface area (Å²) < 4.78 is 0. The average Bonchev–Trinajstić information content (AvgIpc) is 3.28. The van der Waals surface area contributed by atoms with E-state index < -0.39 is 0 Å². The summed E-state index contributed by atoms with van der Waals surface area (Å²) in [7, 11) is 0. The first kappa shape index (κ1) is 15.1. The molecule has 1 aromatic rings. The van der Waals surface area contributed by atoms with E-state index in [0.29, 0.717) is 23.9 Å². The van der Waals surface area contributed by atoms with Crippen LogP contribution < -0.4 is 10.9 Å². The number of aromatic amines is 1. The summed E-state index contributed by atoms with van der Waals surface area (Å²) in [5.41, 5.74) is 1.05. The van der Waals surface area contributed by atoms with Gasteiger partial charge in [-0.15, -0.1) is 0 Å². The largest absolute Gasteiger partial charge is 0.310 e. The lowest BCUT2D eigenvalue weighted by molar-refractivity contribution is 0.272. The predicted molar refractivity (Wildman–Crippen MR) is 94.2 cm³/mol. The van der Waals surface area contributed by atoms with Crippen LogP contribution in [0.3, 0.4) is 0 Å². The standard InChI is InChI=1S/C16H23N3OS2/c20-15-7-14(18-16(19-15)10-1-2-10)11-5-12(6-11)17-13-8-21-3-4-22-9-13/h7,10-13,17H,1-6,8-9H2,(H,18,19,20). The van der Waals surface area contributed by atoms with E-state index in [2.05, 4.69) is 33.8 Å². The minimum Gasteiger partial charge on any atom is -0.310 e.